The fourth-order valence-corrected chi connectivity index (χ4v) is 4.32. The van der Waals surface area contributed by atoms with Crippen LogP contribution in [0.25, 0.3) is 6.08 Å². The van der Waals surface area contributed by atoms with Gasteiger partial charge >= 0.3 is 0 Å². The molecule has 2 aromatic carbocycles. The maximum absolute atomic E-state index is 13.1. The number of carbonyl (C=O) groups is 1. The Hall–Kier alpha value is -4.99. The molecule has 4 aromatic rings. The maximum atomic E-state index is 13.1. The Labute approximate surface area is 219 Å². The van der Waals surface area contributed by atoms with Crippen LogP contribution in [-0.2, 0) is 6.54 Å². The molecule has 1 amide bonds. The summed E-state index contributed by atoms with van der Waals surface area (Å²) in [6, 6.07) is 18.8. The van der Waals surface area contributed by atoms with Crippen LogP contribution < -0.4 is 16.0 Å². The predicted octanol–water partition coefficient (Wildman–Crippen LogP) is 5.98. The van der Waals surface area contributed by atoms with Crippen molar-refractivity contribution in [3.05, 3.63) is 98.9 Å². The molecule has 37 heavy (non-hydrogen) atoms. The van der Waals surface area contributed by atoms with Gasteiger partial charge in [-0.2, -0.15) is 15.5 Å². The number of hydrogen-bond donors (Lipinski definition) is 3. The highest BCUT2D eigenvalue weighted by Crippen LogP contribution is 2.28. The van der Waals surface area contributed by atoms with Crippen molar-refractivity contribution in [3.63, 3.8) is 0 Å². The van der Waals surface area contributed by atoms with Crippen LogP contribution in [0.1, 0.15) is 37.5 Å². The summed E-state index contributed by atoms with van der Waals surface area (Å²) in [6.07, 6.45) is 4.67. The van der Waals surface area contributed by atoms with Crippen LogP contribution >= 0.6 is 11.3 Å². The SMILES string of the molecule is Cc1cc(/C=C/C#N)cc(C)c1Nc1nc(Nc2ccc(C#N)cc2)ncc1C(=O)NCc1cccs1. The molecule has 2 aromatic heterocycles. The Morgan fingerprint density at radius 2 is 1.84 bits per heavy atom. The van der Waals surface area contributed by atoms with Gasteiger partial charge in [0.15, 0.2) is 0 Å². The molecule has 0 saturated carbocycles. The van der Waals surface area contributed by atoms with Crippen molar-refractivity contribution in [3.8, 4) is 12.1 Å². The number of nitrogens with zero attached hydrogens (tertiary/aromatic N) is 4. The van der Waals surface area contributed by atoms with Gasteiger partial charge in [-0.3, -0.25) is 4.79 Å². The van der Waals surface area contributed by atoms with Gasteiger partial charge in [-0.05, 0) is 84.5 Å². The molecule has 0 unspecified atom stereocenters. The van der Waals surface area contributed by atoms with Crippen LogP contribution in [0.4, 0.5) is 23.1 Å². The molecule has 0 aliphatic rings. The molecule has 4 rings (SSSR count). The summed E-state index contributed by atoms with van der Waals surface area (Å²) >= 11 is 1.57. The molecular weight excluding hydrogens is 482 g/mol. The summed E-state index contributed by atoms with van der Waals surface area (Å²) in [7, 11) is 0. The van der Waals surface area contributed by atoms with Crippen LogP contribution in [0.2, 0.25) is 0 Å². The van der Waals surface area contributed by atoms with Crippen molar-refractivity contribution < 1.29 is 4.79 Å². The topological polar surface area (TPSA) is 127 Å². The zero-order valence-electron chi connectivity index (χ0n) is 20.2. The molecule has 9 heteroatoms. The first-order valence-corrected chi connectivity index (χ1v) is 12.2. The van der Waals surface area contributed by atoms with E-state index in [1.165, 1.54) is 12.3 Å². The summed E-state index contributed by atoms with van der Waals surface area (Å²) < 4.78 is 0. The zero-order valence-corrected chi connectivity index (χ0v) is 21.1. The first-order valence-electron chi connectivity index (χ1n) is 11.4. The van der Waals surface area contributed by atoms with E-state index in [9.17, 15) is 4.79 Å². The Balaban J connectivity index is 1.66. The summed E-state index contributed by atoms with van der Waals surface area (Å²) in [5.41, 5.74) is 5.14. The summed E-state index contributed by atoms with van der Waals surface area (Å²) in [5.74, 6) is 0.344. The second kappa shape index (κ2) is 11.6. The average Bonchev–Trinajstić information content (AvgIpc) is 3.42. The number of amides is 1. The minimum absolute atomic E-state index is 0.297. The van der Waals surface area contributed by atoms with Gasteiger partial charge < -0.3 is 16.0 Å². The van der Waals surface area contributed by atoms with Gasteiger partial charge in [0.2, 0.25) is 5.95 Å². The van der Waals surface area contributed by atoms with Crippen molar-refractivity contribution in [2.24, 2.45) is 0 Å². The third-order valence-corrected chi connectivity index (χ3v) is 6.33. The molecule has 182 valence electrons. The first-order chi connectivity index (χ1) is 18.0. The van der Waals surface area contributed by atoms with Gasteiger partial charge in [-0.15, -0.1) is 11.3 Å². The summed E-state index contributed by atoms with van der Waals surface area (Å²) in [5, 5.41) is 29.2. The van der Waals surface area contributed by atoms with E-state index in [0.717, 1.165) is 27.3 Å². The molecule has 0 aliphatic carbocycles. The lowest BCUT2D eigenvalue weighted by molar-refractivity contribution is 0.0951. The smallest absolute Gasteiger partial charge is 0.256 e. The molecule has 0 radical (unpaired) electrons. The molecular formula is C28H23N7OS. The van der Waals surface area contributed by atoms with E-state index in [2.05, 4.69) is 32.0 Å². The van der Waals surface area contributed by atoms with Gasteiger partial charge in [-0.1, -0.05) is 6.07 Å². The number of aryl methyl sites for hydroxylation is 2. The molecule has 3 N–H and O–H groups in total. The maximum Gasteiger partial charge on any atom is 0.256 e. The van der Waals surface area contributed by atoms with Crippen molar-refractivity contribution in [1.82, 2.24) is 15.3 Å². The number of carbonyl (C=O) groups excluding carboxylic acids is 1. The van der Waals surface area contributed by atoms with Crippen molar-refractivity contribution in [2.75, 3.05) is 10.6 Å². The van der Waals surface area contributed by atoms with Gasteiger partial charge in [0.25, 0.3) is 5.91 Å². The summed E-state index contributed by atoms with van der Waals surface area (Å²) in [6.45, 7) is 4.30. The fraction of sp³-hybridized carbons (Fsp3) is 0.107. The molecule has 0 bridgehead atoms. The number of thiophene rings is 1. The monoisotopic (exact) mass is 505 g/mol. The highest BCUT2D eigenvalue weighted by molar-refractivity contribution is 7.09. The van der Waals surface area contributed by atoms with Crippen molar-refractivity contribution in [2.45, 2.75) is 20.4 Å². The molecule has 0 atom stereocenters. The van der Waals surface area contributed by atoms with E-state index >= 15 is 0 Å². The standard InChI is InChI=1S/C28H23N7OS/c1-18-13-21(5-3-11-29)14-19(2)25(18)34-26-24(27(36)31-16-23-6-4-12-37-23)17-32-28(35-26)33-22-9-7-20(15-30)8-10-22/h3-10,12-14,17H,16H2,1-2H3,(H,31,36)(H2,32,33,34,35)/b5-3+. The van der Waals surface area contributed by atoms with E-state index in [4.69, 9.17) is 10.5 Å². The van der Waals surface area contributed by atoms with Gasteiger partial charge in [0.05, 0.1) is 24.2 Å². The van der Waals surface area contributed by atoms with Crippen molar-refractivity contribution >= 4 is 46.5 Å². The minimum atomic E-state index is -0.301. The lowest BCUT2D eigenvalue weighted by atomic mass is 10.0. The van der Waals surface area contributed by atoms with Crippen LogP contribution in [-0.4, -0.2) is 15.9 Å². The second-order valence-corrected chi connectivity index (χ2v) is 9.18. The normalized spacial score (nSPS) is 10.5. The van der Waals surface area contributed by atoms with Crippen LogP contribution in [0, 0.1) is 36.5 Å². The molecule has 8 nitrogen and oxygen atoms in total. The van der Waals surface area contributed by atoms with Gasteiger partial charge in [0.1, 0.15) is 11.4 Å². The number of nitrogens with one attached hydrogen (secondary N) is 3. The van der Waals surface area contributed by atoms with Crippen LogP contribution in [0.5, 0.6) is 0 Å². The third kappa shape index (κ3) is 6.37. The largest absolute Gasteiger partial charge is 0.347 e. The quantitative estimate of drug-likeness (QED) is 0.251. The summed E-state index contributed by atoms with van der Waals surface area (Å²) in [4.78, 5) is 23.1. The molecule has 0 spiro atoms. The highest BCUT2D eigenvalue weighted by Gasteiger charge is 2.17. The molecule has 0 fully saturated rings. The predicted molar refractivity (Wildman–Crippen MR) is 146 cm³/mol. The van der Waals surface area contributed by atoms with Crippen LogP contribution in [0.15, 0.2) is 66.2 Å². The number of benzene rings is 2. The number of nitriles is 2. The molecule has 0 saturated heterocycles. The lowest BCUT2D eigenvalue weighted by Gasteiger charge is -2.17. The Morgan fingerprint density at radius 3 is 2.49 bits per heavy atom. The molecule has 2 heterocycles. The fourth-order valence-electron chi connectivity index (χ4n) is 3.68. The number of aromatic nitrogens is 2. The Bertz CT molecular complexity index is 1510. The van der Waals surface area contributed by atoms with E-state index in [1.807, 2.05) is 49.6 Å². The van der Waals surface area contributed by atoms with Crippen molar-refractivity contribution in [1.29, 1.82) is 10.5 Å². The van der Waals surface area contributed by atoms with Crippen LogP contribution in [0.3, 0.4) is 0 Å². The minimum Gasteiger partial charge on any atom is -0.347 e. The Morgan fingerprint density at radius 1 is 1.08 bits per heavy atom. The van der Waals surface area contributed by atoms with E-state index < -0.39 is 0 Å². The zero-order chi connectivity index (χ0) is 26.2. The number of hydrogen-bond acceptors (Lipinski definition) is 8. The number of allylic oxidation sites excluding steroid dienone is 1. The second-order valence-electron chi connectivity index (χ2n) is 8.15. The number of anilines is 4. The first kappa shape index (κ1) is 25.1. The highest BCUT2D eigenvalue weighted by atomic mass is 32.1. The Kier molecular flexibility index (Phi) is 7.89. The average molecular weight is 506 g/mol. The van der Waals surface area contributed by atoms with Gasteiger partial charge in [0, 0.05) is 28.5 Å². The van der Waals surface area contributed by atoms with E-state index in [1.54, 1.807) is 41.7 Å². The lowest BCUT2D eigenvalue weighted by Crippen LogP contribution is -2.24. The number of rotatable bonds is 8. The van der Waals surface area contributed by atoms with E-state index in [-0.39, 0.29) is 5.91 Å². The third-order valence-electron chi connectivity index (χ3n) is 5.46. The molecule has 0 aliphatic heterocycles. The van der Waals surface area contributed by atoms with E-state index in [0.29, 0.717) is 35.1 Å². The van der Waals surface area contributed by atoms with Gasteiger partial charge in [-0.25, -0.2) is 4.98 Å².